The summed E-state index contributed by atoms with van der Waals surface area (Å²) in [4.78, 5) is 4.47. The Morgan fingerprint density at radius 3 is 2.94 bits per heavy atom. The first-order valence-corrected chi connectivity index (χ1v) is 5.98. The van der Waals surface area contributed by atoms with Gasteiger partial charge in [-0.15, -0.1) is 0 Å². The average Bonchev–Trinajstić information content (AvgIpc) is 2.97. The van der Waals surface area contributed by atoms with Crippen LogP contribution in [0.5, 0.6) is 0 Å². The fraction of sp³-hybridized carbons (Fsp3) is 0.0833. The summed E-state index contributed by atoms with van der Waals surface area (Å²) in [5.74, 6) is 1.54. The van der Waals surface area contributed by atoms with Gasteiger partial charge in [0.1, 0.15) is 4.60 Å². The highest BCUT2D eigenvalue weighted by atomic mass is 79.9. The van der Waals surface area contributed by atoms with Crippen molar-refractivity contribution in [2.45, 2.75) is 0 Å². The van der Waals surface area contributed by atoms with Crippen molar-refractivity contribution in [2.75, 3.05) is 12.4 Å². The quantitative estimate of drug-likeness (QED) is 0.787. The molecular weight excluding hydrogens is 282 g/mol. The first kappa shape index (κ1) is 10.4. The van der Waals surface area contributed by atoms with E-state index >= 15 is 0 Å². The molecule has 0 bridgehead atoms. The molecule has 3 aromatic rings. The number of rotatable bonds is 2. The minimum absolute atomic E-state index is 0.749. The van der Waals surface area contributed by atoms with Crippen molar-refractivity contribution in [3.63, 3.8) is 0 Å². The third-order valence-corrected chi connectivity index (χ3v) is 3.21. The van der Waals surface area contributed by atoms with Gasteiger partial charge in [-0.25, -0.2) is 4.98 Å². The molecule has 0 saturated carbocycles. The molecule has 0 fully saturated rings. The fourth-order valence-corrected chi connectivity index (χ4v) is 2.27. The molecule has 3 rings (SSSR count). The number of pyridine rings is 1. The molecule has 0 atom stereocenters. The van der Waals surface area contributed by atoms with Gasteiger partial charge in [-0.2, -0.15) is 0 Å². The van der Waals surface area contributed by atoms with Gasteiger partial charge in [0, 0.05) is 13.2 Å². The standard InChI is InChI=1S/C12H10BrN3O/c1-14-8-4-5-9-11(13)15-12(16(9)7-8)10-3-2-6-17-10/h2-7,14H,1H3. The van der Waals surface area contributed by atoms with E-state index in [4.69, 9.17) is 4.42 Å². The van der Waals surface area contributed by atoms with E-state index in [9.17, 15) is 0 Å². The molecule has 4 nitrogen and oxygen atoms in total. The Morgan fingerprint density at radius 1 is 1.35 bits per heavy atom. The van der Waals surface area contributed by atoms with Gasteiger partial charge in [-0.1, -0.05) is 0 Å². The normalized spacial score (nSPS) is 10.9. The van der Waals surface area contributed by atoms with Crippen molar-refractivity contribution in [1.29, 1.82) is 0 Å². The van der Waals surface area contributed by atoms with Crippen LogP contribution in [0.15, 0.2) is 45.7 Å². The Hall–Kier alpha value is -1.75. The van der Waals surface area contributed by atoms with Crippen LogP contribution in [0.25, 0.3) is 17.1 Å². The molecule has 0 aliphatic carbocycles. The molecule has 0 saturated heterocycles. The van der Waals surface area contributed by atoms with Gasteiger partial charge in [0.05, 0.1) is 17.5 Å². The smallest absolute Gasteiger partial charge is 0.182 e. The lowest BCUT2D eigenvalue weighted by Gasteiger charge is -2.02. The van der Waals surface area contributed by atoms with E-state index in [1.807, 2.05) is 41.9 Å². The predicted molar refractivity (Wildman–Crippen MR) is 70.1 cm³/mol. The summed E-state index contributed by atoms with van der Waals surface area (Å²) >= 11 is 3.46. The van der Waals surface area contributed by atoms with Crippen LogP contribution in [0.1, 0.15) is 0 Å². The fourth-order valence-electron chi connectivity index (χ4n) is 1.78. The number of nitrogens with one attached hydrogen (secondary N) is 1. The van der Waals surface area contributed by atoms with Crippen LogP contribution in [0.2, 0.25) is 0 Å². The van der Waals surface area contributed by atoms with Crippen molar-refractivity contribution in [2.24, 2.45) is 0 Å². The summed E-state index contributed by atoms with van der Waals surface area (Å²) in [5.41, 5.74) is 2.03. The Morgan fingerprint density at radius 2 is 2.24 bits per heavy atom. The maximum absolute atomic E-state index is 5.39. The van der Waals surface area contributed by atoms with Crippen LogP contribution in [0.4, 0.5) is 5.69 Å². The van der Waals surface area contributed by atoms with Crippen molar-refractivity contribution in [3.05, 3.63) is 41.3 Å². The zero-order valence-corrected chi connectivity index (χ0v) is 10.7. The van der Waals surface area contributed by atoms with E-state index in [0.29, 0.717) is 0 Å². The first-order chi connectivity index (χ1) is 8.29. The summed E-state index contributed by atoms with van der Waals surface area (Å²) < 4.78 is 8.20. The third-order valence-electron chi connectivity index (χ3n) is 2.62. The molecule has 0 radical (unpaired) electrons. The minimum atomic E-state index is 0.749. The van der Waals surface area contributed by atoms with E-state index in [0.717, 1.165) is 27.4 Å². The SMILES string of the molecule is CNc1ccc2c(Br)nc(-c3ccco3)n2c1. The second-order valence-corrected chi connectivity index (χ2v) is 4.38. The summed E-state index contributed by atoms with van der Waals surface area (Å²) in [6.07, 6.45) is 3.64. The molecule has 3 heterocycles. The van der Waals surface area contributed by atoms with E-state index in [2.05, 4.69) is 26.2 Å². The lowest BCUT2D eigenvalue weighted by atomic mass is 10.3. The van der Waals surface area contributed by atoms with Gasteiger partial charge in [-0.3, -0.25) is 4.40 Å². The number of nitrogens with zero attached hydrogens (tertiary/aromatic N) is 2. The monoisotopic (exact) mass is 291 g/mol. The minimum Gasteiger partial charge on any atom is -0.461 e. The second-order valence-electron chi connectivity index (χ2n) is 3.63. The lowest BCUT2D eigenvalue weighted by Crippen LogP contribution is -1.93. The molecule has 1 N–H and O–H groups in total. The summed E-state index contributed by atoms with van der Waals surface area (Å²) in [5, 5.41) is 3.11. The maximum atomic E-state index is 5.39. The van der Waals surface area contributed by atoms with Gasteiger partial charge in [0.25, 0.3) is 0 Å². The predicted octanol–water partition coefficient (Wildman–Crippen LogP) is 3.40. The zero-order valence-electron chi connectivity index (χ0n) is 9.14. The number of halogens is 1. The number of furan rings is 1. The molecule has 0 aliphatic heterocycles. The molecule has 0 unspecified atom stereocenters. The van der Waals surface area contributed by atoms with E-state index in [1.54, 1.807) is 6.26 Å². The maximum Gasteiger partial charge on any atom is 0.182 e. The van der Waals surface area contributed by atoms with Gasteiger partial charge >= 0.3 is 0 Å². The van der Waals surface area contributed by atoms with E-state index in [1.165, 1.54) is 0 Å². The molecule has 17 heavy (non-hydrogen) atoms. The number of anilines is 1. The number of aromatic nitrogens is 2. The van der Waals surface area contributed by atoms with Crippen LogP contribution in [-0.4, -0.2) is 16.4 Å². The van der Waals surface area contributed by atoms with Crippen molar-refractivity contribution < 1.29 is 4.42 Å². The van der Waals surface area contributed by atoms with Gasteiger partial charge in [0.15, 0.2) is 11.6 Å². The van der Waals surface area contributed by atoms with Gasteiger partial charge in [-0.05, 0) is 40.2 Å². The molecule has 0 amide bonds. The van der Waals surface area contributed by atoms with E-state index < -0.39 is 0 Å². The van der Waals surface area contributed by atoms with Crippen LogP contribution in [-0.2, 0) is 0 Å². The summed E-state index contributed by atoms with van der Waals surface area (Å²) in [6, 6.07) is 7.77. The number of hydrogen-bond donors (Lipinski definition) is 1. The van der Waals surface area contributed by atoms with Crippen molar-refractivity contribution >= 4 is 27.1 Å². The van der Waals surface area contributed by atoms with Crippen LogP contribution >= 0.6 is 15.9 Å². The lowest BCUT2D eigenvalue weighted by molar-refractivity contribution is 0.577. The highest BCUT2D eigenvalue weighted by Gasteiger charge is 2.12. The Bertz CT molecular complexity index is 658. The Kier molecular flexibility index (Phi) is 2.40. The Balaban J connectivity index is 2.31. The van der Waals surface area contributed by atoms with Gasteiger partial charge in [0.2, 0.25) is 0 Å². The van der Waals surface area contributed by atoms with Crippen LogP contribution in [0, 0.1) is 0 Å². The Labute approximate surface area is 106 Å². The van der Waals surface area contributed by atoms with Gasteiger partial charge < -0.3 is 9.73 Å². The zero-order chi connectivity index (χ0) is 11.8. The molecule has 3 aromatic heterocycles. The second kappa shape index (κ2) is 3.92. The molecule has 0 aliphatic rings. The average molecular weight is 292 g/mol. The van der Waals surface area contributed by atoms with E-state index in [-0.39, 0.29) is 0 Å². The molecular formula is C12H10BrN3O. The highest BCUT2D eigenvalue weighted by molar-refractivity contribution is 9.10. The first-order valence-electron chi connectivity index (χ1n) is 5.19. The number of imidazole rings is 1. The molecule has 0 aromatic carbocycles. The van der Waals surface area contributed by atoms with Crippen molar-refractivity contribution in [1.82, 2.24) is 9.38 Å². The summed E-state index contributed by atoms with van der Waals surface area (Å²) in [7, 11) is 1.89. The number of fused-ring (bicyclic) bond motifs is 1. The highest BCUT2D eigenvalue weighted by Crippen LogP contribution is 2.27. The molecule has 86 valence electrons. The van der Waals surface area contributed by atoms with Crippen LogP contribution in [0.3, 0.4) is 0 Å². The van der Waals surface area contributed by atoms with Crippen molar-refractivity contribution in [3.8, 4) is 11.6 Å². The third kappa shape index (κ3) is 1.63. The topological polar surface area (TPSA) is 42.5 Å². The summed E-state index contributed by atoms with van der Waals surface area (Å²) in [6.45, 7) is 0. The molecule has 5 heteroatoms. The largest absolute Gasteiger partial charge is 0.461 e. The number of hydrogen-bond acceptors (Lipinski definition) is 3. The van der Waals surface area contributed by atoms with Crippen LogP contribution < -0.4 is 5.32 Å². The molecule has 0 spiro atoms.